The zero-order valence-corrected chi connectivity index (χ0v) is 15.5. The highest BCUT2D eigenvalue weighted by Gasteiger charge is 2.29. The van der Waals surface area contributed by atoms with Crippen molar-refractivity contribution in [2.45, 2.75) is 25.8 Å². The van der Waals surface area contributed by atoms with Crippen molar-refractivity contribution in [1.29, 1.82) is 0 Å². The van der Waals surface area contributed by atoms with Gasteiger partial charge in [-0.25, -0.2) is 9.67 Å². The molecule has 0 bridgehead atoms. The van der Waals surface area contributed by atoms with Crippen LogP contribution in [0.3, 0.4) is 0 Å². The van der Waals surface area contributed by atoms with Gasteiger partial charge in [0.25, 0.3) is 5.91 Å². The van der Waals surface area contributed by atoms with Crippen LogP contribution in [0.2, 0.25) is 0 Å². The lowest BCUT2D eigenvalue weighted by molar-refractivity contribution is -0.117. The molecule has 7 nitrogen and oxygen atoms in total. The van der Waals surface area contributed by atoms with Crippen molar-refractivity contribution in [2.24, 2.45) is 5.92 Å². The average molecular weight is 375 g/mol. The number of carbonyl (C=O) groups excluding carboxylic acids is 2. The van der Waals surface area contributed by atoms with Crippen molar-refractivity contribution >= 4 is 17.5 Å². The van der Waals surface area contributed by atoms with Crippen LogP contribution in [0.1, 0.15) is 41.7 Å². The van der Waals surface area contributed by atoms with Gasteiger partial charge in [-0.05, 0) is 55.7 Å². The van der Waals surface area contributed by atoms with E-state index < -0.39 is 0 Å². The lowest BCUT2D eigenvalue weighted by Gasteiger charge is -2.15. The molecule has 142 valence electrons. The molecule has 1 atom stereocenters. The maximum Gasteiger partial charge on any atom is 0.251 e. The van der Waals surface area contributed by atoms with E-state index in [9.17, 15) is 9.59 Å². The second-order valence-corrected chi connectivity index (χ2v) is 6.97. The first-order valence-electron chi connectivity index (χ1n) is 9.27. The van der Waals surface area contributed by atoms with Gasteiger partial charge in [-0.2, -0.15) is 5.10 Å². The molecule has 1 aliphatic carbocycles. The van der Waals surface area contributed by atoms with Gasteiger partial charge in [0.2, 0.25) is 5.91 Å². The smallest absolute Gasteiger partial charge is 0.251 e. The Bertz CT molecular complexity index is 978. The van der Waals surface area contributed by atoms with E-state index in [0.29, 0.717) is 11.3 Å². The van der Waals surface area contributed by atoms with Gasteiger partial charge in [0, 0.05) is 17.2 Å². The van der Waals surface area contributed by atoms with E-state index in [0.717, 1.165) is 24.1 Å². The van der Waals surface area contributed by atoms with Gasteiger partial charge in [0.05, 0.1) is 11.7 Å². The molecule has 0 radical (unpaired) electrons. The predicted molar refractivity (Wildman–Crippen MR) is 105 cm³/mol. The molecule has 4 rings (SSSR count). The largest absolute Gasteiger partial charge is 0.346 e. The fourth-order valence-electron chi connectivity index (χ4n) is 2.95. The summed E-state index contributed by atoms with van der Waals surface area (Å²) >= 11 is 0. The number of hydrogen-bond acceptors (Lipinski definition) is 4. The van der Waals surface area contributed by atoms with Crippen molar-refractivity contribution in [1.82, 2.24) is 20.1 Å². The molecule has 0 aliphatic heterocycles. The Balaban J connectivity index is 1.40. The number of amides is 2. The Hall–Kier alpha value is -3.48. The van der Waals surface area contributed by atoms with Crippen LogP contribution in [-0.2, 0) is 4.79 Å². The van der Waals surface area contributed by atoms with Gasteiger partial charge < -0.3 is 10.6 Å². The van der Waals surface area contributed by atoms with E-state index in [-0.39, 0.29) is 23.8 Å². The number of carbonyl (C=O) groups is 2. The molecule has 7 heteroatoms. The van der Waals surface area contributed by atoms with Gasteiger partial charge in [0.1, 0.15) is 12.7 Å². The SMILES string of the molecule is CC(NC(=O)c1cccc(NC(=O)C2CC2)c1)c1ccc(-n2cncn2)cc1. The molecule has 1 aromatic heterocycles. The summed E-state index contributed by atoms with van der Waals surface area (Å²) in [4.78, 5) is 28.5. The first-order chi connectivity index (χ1) is 13.6. The van der Waals surface area contributed by atoms with Crippen molar-refractivity contribution in [3.05, 3.63) is 72.3 Å². The van der Waals surface area contributed by atoms with Crippen molar-refractivity contribution in [2.75, 3.05) is 5.32 Å². The van der Waals surface area contributed by atoms with Gasteiger partial charge in [-0.15, -0.1) is 0 Å². The number of rotatable bonds is 6. The van der Waals surface area contributed by atoms with Crippen LogP contribution in [0.15, 0.2) is 61.2 Å². The Morgan fingerprint density at radius 1 is 1.14 bits per heavy atom. The summed E-state index contributed by atoms with van der Waals surface area (Å²) < 4.78 is 1.68. The zero-order chi connectivity index (χ0) is 19.5. The molecule has 2 amide bonds. The summed E-state index contributed by atoms with van der Waals surface area (Å²) in [6.07, 6.45) is 5.01. The Labute approximate surface area is 162 Å². The highest BCUT2D eigenvalue weighted by molar-refractivity contribution is 5.98. The van der Waals surface area contributed by atoms with Crippen molar-refractivity contribution in [3.8, 4) is 5.69 Å². The zero-order valence-electron chi connectivity index (χ0n) is 15.5. The first-order valence-corrected chi connectivity index (χ1v) is 9.27. The topological polar surface area (TPSA) is 88.9 Å². The van der Waals surface area contributed by atoms with E-state index >= 15 is 0 Å². The minimum Gasteiger partial charge on any atom is -0.346 e. The Morgan fingerprint density at radius 2 is 1.93 bits per heavy atom. The molecular weight excluding hydrogens is 354 g/mol. The van der Waals surface area contributed by atoms with E-state index in [1.807, 2.05) is 31.2 Å². The van der Waals surface area contributed by atoms with Gasteiger partial charge in [-0.3, -0.25) is 9.59 Å². The van der Waals surface area contributed by atoms with Crippen molar-refractivity contribution in [3.63, 3.8) is 0 Å². The summed E-state index contributed by atoms with van der Waals surface area (Å²) in [5, 5.41) is 9.97. The van der Waals surface area contributed by atoms with E-state index in [4.69, 9.17) is 0 Å². The van der Waals surface area contributed by atoms with Gasteiger partial charge >= 0.3 is 0 Å². The van der Waals surface area contributed by atoms with Crippen LogP contribution in [0.4, 0.5) is 5.69 Å². The van der Waals surface area contributed by atoms with Crippen LogP contribution in [-0.4, -0.2) is 26.6 Å². The first kappa shape index (κ1) is 17.9. The summed E-state index contributed by atoms with van der Waals surface area (Å²) in [7, 11) is 0. The summed E-state index contributed by atoms with van der Waals surface area (Å²) in [6.45, 7) is 1.93. The fourth-order valence-corrected chi connectivity index (χ4v) is 2.95. The quantitative estimate of drug-likeness (QED) is 0.693. The maximum atomic E-state index is 12.6. The fraction of sp³-hybridized carbons (Fsp3) is 0.238. The Kier molecular flexibility index (Phi) is 4.89. The van der Waals surface area contributed by atoms with Crippen LogP contribution >= 0.6 is 0 Å². The molecule has 2 N–H and O–H groups in total. The predicted octanol–water partition coefficient (Wildman–Crippen LogP) is 3.11. The highest BCUT2D eigenvalue weighted by atomic mass is 16.2. The van der Waals surface area contributed by atoms with Crippen LogP contribution in [0.5, 0.6) is 0 Å². The number of anilines is 1. The van der Waals surface area contributed by atoms with E-state index in [2.05, 4.69) is 20.7 Å². The van der Waals surface area contributed by atoms with Crippen LogP contribution < -0.4 is 10.6 Å². The molecule has 1 fully saturated rings. The lowest BCUT2D eigenvalue weighted by Crippen LogP contribution is -2.26. The molecule has 2 aromatic carbocycles. The molecule has 0 spiro atoms. The molecule has 1 unspecified atom stereocenters. The number of aromatic nitrogens is 3. The second kappa shape index (κ2) is 7.64. The molecule has 1 heterocycles. The third kappa shape index (κ3) is 4.09. The molecule has 1 saturated carbocycles. The number of nitrogens with zero attached hydrogens (tertiary/aromatic N) is 3. The van der Waals surface area contributed by atoms with Crippen LogP contribution in [0.25, 0.3) is 5.69 Å². The molecule has 0 saturated heterocycles. The summed E-state index contributed by atoms with van der Waals surface area (Å²) in [5.74, 6) is -0.0354. The maximum absolute atomic E-state index is 12.6. The third-order valence-corrected chi connectivity index (χ3v) is 4.76. The molecule has 1 aliphatic rings. The molecule has 3 aromatic rings. The lowest BCUT2D eigenvalue weighted by atomic mass is 10.1. The standard InChI is InChI=1S/C21H21N5O2/c1-14(15-7-9-19(10-8-15)26-13-22-12-23-26)24-21(28)17-3-2-4-18(11-17)25-20(27)16-5-6-16/h2-4,7-14,16H,5-6H2,1H3,(H,24,28)(H,25,27). The number of nitrogens with one attached hydrogen (secondary N) is 2. The summed E-state index contributed by atoms with van der Waals surface area (Å²) in [5.41, 5.74) is 3.04. The Morgan fingerprint density at radius 3 is 2.61 bits per heavy atom. The van der Waals surface area contributed by atoms with E-state index in [1.165, 1.54) is 6.33 Å². The van der Waals surface area contributed by atoms with Crippen LogP contribution in [0, 0.1) is 5.92 Å². The average Bonchev–Trinajstić information content (AvgIpc) is 3.43. The monoisotopic (exact) mass is 375 g/mol. The number of hydrogen-bond donors (Lipinski definition) is 2. The molecular formula is C21H21N5O2. The molecule has 28 heavy (non-hydrogen) atoms. The minimum absolute atomic E-state index is 0.0263. The van der Waals surface area contributed by atoms with E-state index in [1.54, 1.807) is 35.3 Å². The van der Waals surface area contributed by atoms with Gasteiger partial charge in [0.15, 0.2) is 0 Å². The number of benzene rings is 2. The highest BCUT2D eigenvalue weighted by Crippen LogP contribution is 2.30. The van der Waals surface area contributed by atoms with Crippen molar-refractivity contribution < 1.29 is 9.59 Å². The minimum atomic E-state index is -0.185. The summed E-state index contributed by atoms with van der Waals surface area (Å²) in [6, 6.07) is 14.6. The second-order valence-electron chi connectivity index (χ2n) is 6.97. The van der Waals surface area contributed by atoms with Gasteiger partial charge in [-0.1, -0.05) is 18.2 Å². The normalized spacial score (nSPS) is 14.3. The third-order valence-electron chi connectivity index (χ3n) is 4.76.